The lowest BCUT2D eigenvalue weighted by Gasteiger charge is -2.35. The second-order valence-corrected chi connectivity index (χ2v) is 13.8. The van der Waals surface area contributed by atoms with Gasteiger partial charge in [0, 0.05) is 16.8 Å². The van der Waals surface area contributed by atoms with E-state index in [2.05, 4.69) is 53.8 Å². The molecule has 0 spiro atoms. The molecular weight excluding hydrogens is 675 g/mol. The van der Waals surface area contributed by atoms with Crippen molar-refractivity contribution in [2.75, 3.05) is 5.32 Å². The number of hydrogen-bond acceptors (Lipinski definition) is 1. The SMILES string of the molecule is [2H]c1c([2H])c([2H])c(C2(c3c([2H])c([2H])c([2H])c([2H])c3[2H])c3ccccc3-c3cccc(-c4ccc(Nc5c(-c6ccccc6)cc(-c6ccccc6)cc5-c5ccccc5)cc4)c32)c([2H])c1[2H]. The highest BCUT2D eigenvalue weighted by atomic mass is 14.9. The Morgan fingerprint density at radius 1 is 0.357 bits per heavy atom. The lowest BCUT2D eigenvalue weighted by atomic mass is 9.66. The minimum absolute atomic E-state index is 0.204. The summed E-state index contributed by atoms with van der Waals surface area (Å²) in [7, 11) is 0. The quantitative estimate of drug-likeness (QED) is 0.165. The fourth-order valence-corrected chi connectivity index (χ4v) is 8.26. The van der Waals surface area contributed by atoms with Crippen LogP contribution in [0.4, 0.5) is 11.4 Å². The van der Waals surface area contributed by atoms with Gasteiger partial charge in [-0.05, 0) is 91.0 Å². The minimum Gasteiger partial charge on any atom is -0.355 e. The van der Waals surface area contributed by atoms with Crippen molar-refractivity contribution in [1.29, 1.82) is 0 Å². The maximum atomic E-state index is 9.44. The highest BCUT2D eigenvalue weighted by molar-refractivity contribution is 5.97. The number of fused-ring (bicyclic) bond motifs is 3. The summed E-state index contributed by atoms with van der Waals surface area (Å²) >= 11 is 0. The van der Waals surface area contributed by atoms with Gasteiger partial charge in [-0.15, -0.1) is 0 Å². The van der Waals surface area contributed by atoms with Crippen molar-refractivity contribution in [3.05, 3.63) is 253 Å². The maximum absolute atomic E-state index is 9.44. The number of hydrogen-bond donors (Lipinski definition) is 1. The van der Waals surface area contributed by atoms with Crippen LogP contribution in [0.2, 0.25) is 0 Å². The molecule has 0 bridgehead atoms. The Balaban J connectivity index is 1.21. The van der Waals surface area contributed by atoms with Crippen molar-refractivity contribution < 1.29 is 13.7 Å². The molecule has 1 aliphatic rings. The van der Waals surface area contributed by atoms with Crippen molar-refractivity contribution in [2.24, 2.45) is 0 Å². The molecule has 1 aliphatic carbocycles. The van der Waals surface area contributed by atoms with Gasteiger partial charge in [0.1, 0.15) is 0 Å². The third-order valence-electron chi connectivity index (χ3n) is 10.7. The van der Waals surface area contributed by atoms with Crippen LogP contribution in [0.1, 0.15) is 36.0 Å². The maximum Gasteiger partial charge on any atom is 0.0719 e. The van der Waals surface area contributed by atoms with E-state index in [9.17, 15) is 5.48 Å². The second kappa shape index (κ2) is 14.2. The van der Waals surface area contributed by atoms with Gasteiger partial charge in [-0.25, -0.2) is 0 Å². The van der Waals surface area contributed by atoms with Crippen LogP contribution in [0.15, 0.2) is 230 Å². The van der Waals surface area contributed by atoms with Gasteiger partial charge in [0.05, 0.1) is 24.8 Å². The van der Waals surface area contributed by atoms with E-state index in [1.54, 1.807) is 12.1 Å². The van der Waals surface area contributed by atoms with Crippen LogP contribution in [-0.2, 0) is 5.41 Å². The summed E-state index contributed by atoms with van der Waals surface area (Å²) < 4.78 is 90.3. The summed E-state index contributed by atoms with van der Waals surface area (Å²) in [6.45, 7) is 0. The highest BCUT2D eigenvalue weighted by Gasteiger charge is 2.47. The van der Waals surface area contributed by atoms with E-state index in [4.69, 9.17) is 8.22 Å². The zero-order valence-electron chi connectivity index (χ0n) is 40.2. The lowest BCUT2D eigenvalue weighted by molar-refractivity contribution is 0.770. The number of benzene rings is 9. The Morgan fingerprint density at radius 2 is 0.821 bits per heavy atom. The van der Waals surface area contributed by atoms with Crippen LogP contribution in [0, 0.1) is 0 Å². The molecule has 10 rings (SSSR count). The Kier molecular flexibility index (Phi) is 6.15. The van der Waals surface area contributed by atoms with E-state index in [1.807, 2.05) is 109 Å². The van der Waals surface area contributed by atoms with E-state index >= 15 is 0 Å². The molecule has 1 N–H and O–H groups in total. The van der Waals surface area contributed by atoms with Crippen molar-refractivity contribution >= 4 is 11.4 Å². The normalized spacial score (nSPS) is 14.9. The third-order valence-corrected chi connectivity index (χ3v) is 10.7. The van der Waals surface area contributed by atoms with Crippen molar-refractivity contribution in [3.8, 4) is 55.6 Å². The van der Waals surface area contributed by atoms with Gasteiger partial charge in [0.25, 0.3) is 0 Å². The van der Waals surface area contributed by atoms with Gasteiger partial charge in [-0.1, -0.05) is 206 Å². The molecule has 1 nitrogen and oxygen atoms in total. The molecule has 0 aromatic heterocycles. The van der Waals surface area contributed by atoms with Gasteiger partial charge in [-0.3, -0.25) is 0 Å². The Labute approximate surface area is 343 Å². The summed E-state index contributed by atoms with van der Waals surface area (Å²) in [5.41, 5.74) is 8.97. The number of rotatable bonds is 8. The predicted molar refractivity (Wildman–Crippen MR) is 235 cm³/mol. The fourth-order valence-electron chi connectivity index (χ4n) is 8.26. The molecule has 0 heterocycles. The molecule has 0 aliphatic heterocycles. The molecule has 56 heavy (non-hydrogen) atoms. The molecule has 0 fully saturated rings. The molecule has 264 valence electrons. The van der Waals surface area contributed by atoms with Gasteiger partial charge in [0.15, 0.2) is 0 Å². The summed E-state index contributed by atoms with van der Waals surface area (Å²) in [4.78, 5) is 0. The first-order chi connectivity index (χ1) is 31.9. The Bertz CT molecular complexity index is 3190. The van der Waals surface area contributed by atoms with Crippen LogP contribution in [0.25, 0.3) is 55.6 Å². The number of nitrogens with one attached hydrogen (secondary N) is 1. The molecule has 0 atom stereocenters. The summed E-state index contributed by atoms with van der Waals surface area (Å²) in [6, 6.07) is 50.0. The molecule has 0 amide bonds. The molecule has 1 heteroatoms. The highest BCUT2D eigenvalue weighted by Crippen LogP contribution is 2.58. The summed E-state index contributed by atoms with van der Waals surface area (Å²) in [5.74, 6) is 0. The van der Waals surface area contributed by atoms with Crippen LogP contribution >= 0.6 is 0 Å². The van der Waals surface area contributed by atoms with Gasteiger partial charge in [0.2, 0.25) is 0 Å². The Morgan fingerprint density at radius 3 is 1.39 bits per heavy atom. The molecule has 9 aromatic rings. The minimum atomic E-state index is -1.96. The monoisotopic (exact) mass is 723 g/mol. The van der Waals surface area contributed by atoms with E-state index in [0.29, 0.717) is 33.4 Å². The average Bonchev–Trinajstić information content (AvgIpc) is 3.65. The molecule has 0 saturated carbocycles. The second-order valence-electron chi connectivity index (χ2n) is 13.8. The fraction of sp³-hybridized carbons (Fsp3) is 0.0182. The molecule has 0 radical (unpaired) electrons. The summed E-state index contributed by atoms with van der Waals surface area (Å²) in [5, 5.41) is 3.78. The topological polar surface area (TPSA) is 12.0 Å². The Hall–Kier alpha value is -7.22. The van der Waals surface area contributed by atoms with Gasteiger partial charge in [-0.2, -0.15) is 0 Å². The van der Waals surface area contributed by atoms with Crippen molar-refractivity contribution in [2.45, 2.75) is 5.41 Å². The standard InChI is InChI=1S/C55H39N/c1-6-19-39(20-7-1)43-37-50(40-21-8-2-9-22-40)54(51(38-43)41-23-10-3-11-24-41)56-46-35-33-42(34-36-46)47-30-18-31-49-48-29-16-17-32-52(48)55(53(47)49,44-25-12-4-13-26-44)45-27-14-5-15-28-45/h1-38,56H/i4D,5D,12D,13D,14D,15D,25D,26D,27D,28D. The van der Waals surface area contributed by atoms with Gasteiger partial charge < -0.3 is 5.32 Å². The van der Waals surface area contributed by atoms with E-state index in [1.165, 1.54) is 0 Å². The van der Waals surface area contributed by atoms with Gasteiger partial charge >= 0.3 is 0 Å². The first kappa shape index (κ1) is 24.2. The predicted octanol–water partition coefficient (Wildman–Crippen LogP) is 14.5. The zero-order chi connectivity index (χ0) is 46.0. The molecule has 0 unspecified atom stereocenters. The van der Waals surface area contributed by atoms with Crippen molar-refractivity contribution in [3.63, 3.8) is 0 Å². The first-order valence-corrected chi connectivity index (χ1v) is 18.5. The molecule has 0 saturated heterocycles. The van der Waals surface area contributed by atoms with Crippen molar-refractivity contribution in [1.82, 2.24) is 0 Å². The third kappa shape index (κ3) is 5.65. The summed E-state index contributed by atoms with van der Waals surface area (Å²) in [6.07, 6.45) is 0. The van der Waals surface area contributed by atoms with Crippen LogP contribution in [0.3, 0.4) is 0 Å². The van der Waals surface area contributed by atoms with Crippen LogP contribution in [0.5, 0.6) is 0 Å². The lowest BCUT2D eigenvalue weighted by Crippen LogP contribution is -2.29. The smallest absolute Gasteiger partial charge is 0.0719 e. The number of anilines is 2. The van der Waals surface area contributed by atoms with E-state index in [-0.39, 0.29) is 11.1 Å². The molecule has 9 aromatic carbocycles. The largest absolute Gasteiger partial charge is 0.355 e. The first-order valence-electron chi connectivity index (χ1n) is 23.5. The van der Waals surface area contributed by atoms with E-state index < -0.39 is 65.8 Å². The average molecular weight is 724 g/mol. The molecular formula is C55H39N. The van der Waals surface area contributed by atoms with Crippen LogP contribution in [-0.4, -0.2) is 0 Å². The van der Waals surface area contributed by atoms with E-state index in [0.717, 1.165) is 44.8 Å². The zero-order valence-corrected chi connectivity index (χ0v) is 30.2. The van der Waals surface area contributed by atoms with Crippen LogP contribution < -0.4 is 5.32 Å².